The molecule has 0 aromatic heterocycles. The van der Waals surface area contributed by atoms with Crippen molar-refractivity contribution in [2.45, 2.75) is 77.0 Å². The summed E-state index contributed by atoms with van der Waals surface area (Å²) in [6, 6.07) is 1.66. The quantitative estimate of drug-likeness (QED) is 0.711. The molecule has 1 aliphatic carbocycles. The molecule has 94 valence electrons. The standard InChI is InChI=1S/C14H28N2/c1-13(2,3)16-10-12(9-14(16,4)5)15(6)11-7-8-11/h11-12H,7-10H2,1-6H3. The average Bonchev–Trinajstić information content (AvgIpc) is 2.87. The molecule has 0 spiro atoms. The molecule has 0 amide bonds. The third kappa shape index (κ3) is 2.28. The predicted octanol–water partition coefficient (Wildman–Crippen LogP) is 2.73. The molecule has 1 aliphatic heterocycles. The first-order valence-electron chi connectivity index (χ1n) is 6.71. The minimum absolute atomic E-state index is 0.294. The lowest BCUT2D eigenvalue weighted by Gasteiger charge is -2.42. The topological polar surface area (TPSA) is 6.48 Å². The fraction of sp³-hybridized carbons (Fsp3) is 1.00. The lowest BCUT2D eigenvalue weighted by atomic mass is 9.95. The summed E-state index contributed by atoms with van der Waals surface area (Å²) in [4.78, 5) is 5.32. The molecular weight excluding hydrogens is 196 g/mol. The van der Waals surface area contributed by atoms with Gasteiger partial charge in [-0.1, -0.05) is 0 Å². The summed E-state index contributed by atoms with van der Waals surface area (Å²) in [7, 11) is 2.32. The van der Waals surface area contributed by atoms with Gasteiger partial charge in [0.05, 0.1) is 0 Å². The first-order valence-corrected chi connectivity index (χ1v) is 6.71. The number of hydrogen-bond donors (Lipinski definition) is 0. The van der Waals surface area contributed by atoms with E-state index in [0.29, 0.717) is 11.1 Å². The third-order valence-electron chi connectivity index (χ3n) is 4.37. The Hall–Kier alpha value is -0.0800. The van der Waals surface area contributed by atoms with Crippen LogP contribution in [0.2, 0.25) is 0 Å². The molecule has 2 fully saturated rings. The van der Waals surface area contributed by atoms with Crippen LogP contribution in [-0.2, 0) is 0 Å². The first-order chi connectivity index (χ1) is 7.22. The van der Waals surface area contributed by atoms with Crippen LogP contribution < -0.4 is 0 Å². The highest BCUT2D eigenvalue weighted by Gasteiger charge is 2.46. The van der Waals surface area contributed by atoms with Crippen LogP contribution in [0.3, 0.4) is 0 Å². The summed E-state index contributed by atoms with van der Waals surface area (Å²) in [5.74, 6) is 0. The molecule has 0 N–H and O–H groups in total. The maximum absolute atomic E-state index is 2.68. The van der Waals surface area contributed by atoms with Gasteiger partial charge in [-0.15, -0.1) is 0 Å². The number of hydrogen-bond acceptors (Lipinski definition) is 2. The van der Waals surface area contributed by atoms with Crippen molar-refractivity contribution in [3.63, 3.8) is 0 Å². The van der Waals surface area contributed by atoms with Gasteiger partial charge in [0, 0.05) is 29.7 Å². The largest absolute Gasteiger partial charge is 0.299 e. The summed E-state index contributed by atoms with van der Waals surface area (Å²) < 4.78 is 0. The lowest BCUT2D eigenvalue weighted by molar-refractivity contribution is 0.0657. The van der Waals surface area contributed by atoms with Gasteiger partial charge in [-0.3, -0.25) is 9.80 Å². The first kappa shape index (κ1) is 12.4. The molecule has 2 aliphatic rings. The van der Waals surface area contributed by atoms with Gasteiger partial charge in [0.15, 0.2) is 0 Å². The molecule has 2 nitrogen and oxygen atoms in total. The van der Waals surface area contributed by atoms with Crippen LogP contribution >= 0.6 is 0 Å². The predicted molar refractivity (Wildman–Crippen MR) is 69.7 cm³/mol. The zero-order chi connectivity index (χ0) is 12.1. The van der Waals surface area contributed by atoms with Crippen molar-refractivity contribution >= 4 is 0 Å². The number of likely N-dealkylation sites (N-methyl/N-ethyl adjacent to an activating group) is 1. The minimum atomic E-state index is 0.294. The van der Waals surface area contributed by atoms with Crippen molar-refractivity contribution in [3.8, 4) is 0 Å². The van der Waals surface area contributed by atoms with Crippen molar-refractivity contribution < 1.29 is 0 Å². The maximum atomic E-state index is 2.68. The van der Waals surface area contributed by atoms with Gasteiger partial charge in [0.25, 0.3) is 0 Å². The number of likely N-dealkylation sites (tertiary alicyclic amines) is 1. The van der Waals surface area contributed by atoms with E-state index in [9.17, 15) is 0 Å². The van der Waals surface area contributed by atoms with Gasteiger partial charge in [-0.2, -0.15) is 0 Å². The van der Waals surface area contributed by atoms with E-state index in [2.05, 4.69) is 51.5 Å². The van der Waals surface area contributed by atoms with Gasteiger partial charge in [-0.25, -0.2) is 0 Å². The summed E-state index contributed by atoms with van der Waals surface area (Å²) in [5, 5.41) is 0. The summed E-state index contributed by atoms with van der Waals surface area (Å²) in [6.45, 7) is 13.1. The Kier molecular flexibility index (Phi) is 2.87. The average molecular weight is 224 g/mol. The molecule has 0 radical (unpaired) electrons. The third-order valence-corrected chi connectivity index (χ3v) is 4.37. The van der Waals surface area contributed by atoms with Crippen molar-refractivity contribution in [2.75, 3.05) is 13.6 Å². The van der Waals surface area contributed by atoms with E-state index in [-0.39, 0.29) is 0 Å². The highest BCUT2D eigenvalue weighted by atomic mass is 15.3. The van der Waals surface area contributed by atoms with Crippen molar-refractivity contribution in [1.82, 2.24) is 9.80 Å². The molecule has 16 heavy (non-hydrogen) atoms. The summed E-state index contributed by atoms with van der Waals surface area (Å²) in [5.41, 5.74) is 0.648. The van der Waals surface area contributed by atoms with Gasteiger partial charge in [0.2, 0.25) is 0 Å². The molecule has 1 atom stereocenters. The smallest absolute Gasteiger partial charge is 0.0240 e. The molecule has 0 aromatic carbocycles. The fourth-order valence-electron chi connectivity index (χ4n) is 3.44. The minimum Gasteiger partial charge on any atom is -0.299 e. The van der Waals surface area contributed by atoms with Crippen molar-refractivity contribution in [1.29, 1.82) is 0 Å². The Morgan fingerprint density at radius 2 is 1.69 bits per heavy atom. The van der Waals surface area contributed by atoms with E-state index >= 15 is 0 Å². The van der Waals surface area contributed by atoms with Gasteiger partial charge in [0.1, 0.15) is 0 Å². The van der Waals surface area contributed by atoms with E-state index in [1.807, 2.05) is 0 Å². The van der Waals surface area contributed by atoms with Gasteiger partial charge in [-0.05, 0) is 60.9 Å². The Morgan fingerprint density at radius 3 is 2.06 bits per heavy atom. The van der Waals surface area contributed by atoms with Crippen LogP contribution in [0.1, 0.15) is 53.9 Å². The Labute approximate surface area is 101 Å². The molecule has 2 rings (SSSR count). The zero-order valence-electron chi connectivity index (χ0n) is 11.9. The molecule has 1 heterocycles. The van der Waals surface area contributed by atoms with Crippen molar-refractivity contribution in [2.24, 2.45) is 0 Å². The van der Waals surface area contributed by atoms with Gasteiger partial charge < -0.3 is 0 Å². The molecule has 1 unspecified atom stereocenters. The summed E-state index contributed by atoms with van der Waals surface area (Å²) >= 11 is 0. The van der Waals surface area contributed by atoms with Crippen LogP contribution in [-0.4, -0.2) is 46.6 Å². The van der Waals surface area contributed by atoms with E-state index < -0.39 is 0 Å². The second-order valence-corrected chi connectivity index (χ2v) is 7.35. The number of nitrogens with zero attached hydrogens (tertiary/aromatic N) is 2. The second kappa shape index (κ2) is 3.71. The monoisotopic (exact) mass is 224 g/mol. The van der Waals surface area contributed by atoms with E-state index in [1.54, 1.807) is 0 Å². The maximum Gasteiger partial charge on any atom is 0.0240 e. The van der Waals surface area contributed by atoms with Crippen molar-refractivity contribution in [3.05, 3.63) is 0 Å². The molecular formula is C14H28N2. The Bertz CT molecular complexity index is 260. The molecule has 1 saturated heterocycles. The van der Waals surface area contributed by atoms with Gasteiger partial charge >= 0.3 is 0 Å². The van der Waals surface area contributed by atoms with Crippen LogP contribution in [0.25, 0.3) is 0 Å². The summed E-state index contributed by atoms with van der Waals surface area (Å²) in [6.07, 6.45) is 4.16. The highest BCUT2D eigenvalue weighted by molar-refractivity contribution is 5.03. The van der Waals surface area contributed by atoms with E-state index in [1.165, 1.54) is 25.8 Å². The van der Waals surface area contributed by atoms with E-state index in [4.69, 9.17) is 0 Å². The number of rotatable bonds is 2. The molecule has 2 heteroatoms. The zero-order valence-corrected chi connectivity index (χ0v) is 11.9. The Balaban J connectivity index is 2.07. The van der Waals surface area contributed by atoms with E-state index in [0.717, 1.165) is 12.1 Å². The SMILES string of the molecule is CN(C1CC1)C1CN(C(C)(C)C)C(C)(C)C1. The molecule has 0 aromatic rings. The van der Waals surface area contributed by atoms with Crippen LogP contribution in [0.5, 0.6) is 0 Å². The molecule has 0 bridgehead atoms. The highest BCUT2D eigenvalue weighted by Crippen LogP contribution is 2.39. The normalized spacial score (nSPS) is 31.3. The van der Waals surface area contributed by atoms with Crippen LogP contribution in [0.4, 0.5) is 0 Å². The Morgan fingerprint density at radius 1 is 1.12 bits per heavy atom. The lowest BCUT2D eigenvalue weighted by Crippen LogP contribution is -2.50. The van der Waals surface area contributed by atoms with Crippen LogP contribution in [0.15, 0.2) is 0 Å². The molecule has 1 saturated carbocycles. The van der Waals surface area contributed by atoms with Crippen LogP contribution in [0, 0.1) is 0 Å². The second-order valence-electron chi connectivity index (χ2n) is 7.35. The fourth-order valence-corrected chi connectivity index (χ4v) is 3.44.